The zero-order valence-electron chi connectivity index (χ0n) is 10.0. The van der Waals surface area contributed by atoms with Crippen molar-refractivity contribution in [2.24, 2.45) is 0 Å². The van der Waals surface area contributed by atoms with E-state index in [2.05, 4.69) is 0 Å². The molecule has 0 aliphatic carbocycles. The second kappa shape index (κ2) is 8.76. The van der Waals surface area contributed by atoms with E-state index < -0.39 is 32.3 Å². The maximum absolute atomic E-state index is 10.4. The van der Waals surface area contributed by atoms with Gasteiger partial charge in [0.15, 0.2) is 6.16 Å². The second-order valence-electron chi connectivity index (χ2n) is 3.46. The number of aliphatic carboxylic acids is 3. The Morgan fingerprint density at radius 3 is 1.47 bits per heavy atom. The molecule has 0 amide bonds. The first kappa shape index (κ1) is 17.7. The largest absolute Gasteiger partial charge is 0.481 e. The molecular formula is C9H16O9P+. The van der Waals surface area contributed by atoms with Crippen LogP contribution in [0, 0.1) is 0 Å². The third-order valence-corrected chi connectivity index (χ3v) is 3.79. The minimum absolute atomic E-state index is 0.332. The molecular weight excluding hydrogens is 283 g/mol. The highest BCUT2D eigenvalue weighted by Crippen LogP contribution is 2.57. The summed E-state index contributed by atoms with van der Waals surface area (Å²) in [6.45, 7) is -0.682. The van der Waals surface area contributed by atoms with Gasteiger partial charge in [0.05, 0.1) is 19.3 Å². The monoisotopic (exact) mass is 299 g/mol. The first-order chi connectivity index (χ1) is 8.75. The van der Waals surface area contributed by atoms with Gasteiger partial charge in [-0.05, 0) is 0 Å². The van der Waals surface area contributed by atoms with Crippen LogP contribution >= 0.6 is 7.94 Å². The highest BCUT2D eigenvalue weighted by atomic mass is 31.2. The van der Waals surface area contributed by atoms with Crippen molar-refractivity contribution in [3.63, 3.8) is 0 Å². The topological polar surface area (TPSA) is 151 Å². The first-order valence-electron chi connectivity index (χ1n) is 5.30. The summed E-state index contributed by atoms with van der Waals surface area (Å²) in [5, 5.41) is 25.3. The van der Waals surface area contributed by atoms with E-state index in [0.717, 1.165) is 0 Å². The molecule has 0 rings (SSSR count). The van der Waals surface area contributed by atoms with Crippen LogP contribution in [0.4, 0.5) is 0 Å². The van der Waals surface area contributed by atoms with Crippen LogP contribution in [0.5, 0.6) is 0 Å². The number of rotatable bonds is 11. The summed E-state index contributed by atoms with van der Waals surface area (Å²) >= 11 is 0. The Labute approximate surface area is 109 Å². The van der Waals surface area contributed by atoms with Gasteiger partial charge in [0.1, 0.15) is 13.2 Å². The van der Waals surface area contributed by atoms with Gasteiger partial charge < -0.3 is 15.3 Å². The van der Waals surface area contributed by atoms with Crippen molar-refractivity contribution in [3.8, 4) is 0 Å². The van der Waals surface area contributed by atoms with Gasteiger partial charge in [-0.25, -0.2) is 0 Å². The van der Waals surface area contributed by atoms with Crippen LogP contribution in [-0.4, -0.2) is 57.5 Å². The Balaban J connectivity index is 4.29. The molecule has 0 aromatic heterocycles. The molecule has 0 unspecified atom stereocenters. The molecule has 10 heteroatoms. The summed E-state index contributed by atoms with van der Waals surface area (Å²) in [7, 11) is -3.54. The van der Waals surface area contributed by atoms with Crippen molar-refractivity contribution in [2.75, 3.05) is 19.4 Å². The molecule has 4 N–H and O–H groups in total. The smallest absolute Gasteiger partial charge is 0.409 e. The Bertz CT molecular complexity index is 310. The van der Waals surface area contributed by atoms with Gasteiger partial charge in [-0.3, -0.25) is 14.4 Å². The summed E-state index contributed by atoms with van der Waals surface area (Å²) in [5.74, 6) is -3.47. The van der Waals surface area contributed by atoms with Crippen LogP contribution in [0.15, 0.2) is 0 Å². The average Bonchev–Trinajstić information content (AvgIpc) is 2.25. The van der Waals surface area contributed by atoms with Gasteiger partial charge in [0.25, 0.3) is 0 Å². The Hall–Kier alpha value is -1.28. The lowest BCUT2D eigenvalue weighted by Gasteiger charge is -2.15. The van der Waals surface area contributed by atoms with Crippen molar-refractivity contribution in [2.45, 2.75) is 19.3 Å². The summed E-state index contributed by atoms with van der Waals surface area (Å²) in [5.41, 5.74) is 0. The molecule has 0 atom stereocenters. The van der Waals surface area contributed by atoms with E-state index in [4.69, 9.17) is 24.4 Å². The standard InChI is InChI=1S/C9H15O9P/c10-7(11)1-4-17-19(16,6-3-9(14)15)18-5-2-8(12)13/h16H,1-6H2,(H2-,10,11,12,13,14,15)/p+1. The van der Waals surface area contributed by atoms with E-state index in [1.165, 1.54) is 0 Å². The Morgan fingerprint density at radius 1 is 0.789 bits per heavy atom. The number of hydrogen-bond donors (Lipinski definition) is 4. The van der Waals surface area contributed by atoms with Crippen molar-refractivity contribution in [1.29, 1.82) is 0 Å². The third-order valence-electron chi connectivity index (χ3n) is 1.83. The molecule has 0 aliphatic rings. The normalized spacial score (nSPS) is 11.2. The molecule has 110 valence electrons. The summed E-state index contributed by atoms with van der Waals surface area (Å²) < 4.78 is 9.76. The minimum atomic E-state index is -3.54. The molecule has 0 spiro atoms. The fourth-order valence-electron chi connectivity index (χ4n) is 0.954. The zero-order chi connectivity index (χ0) is 14.9. The van der Waals surface area contributed by atoms with Crippen LogP contribution in [0.3, 0.4) is 0 Å². The van der Waals surface area contributed by atoms with Crippen LogP contribution in [-0.2, 0) is 23.4 Å². The lowest BCUT2D eigenvalue weighted by molar-refractivity contribution is -0.138. The molecule has 0 radical (unpaired) electrons. The zero-order valence-corrected chi connectivity index (χ0v) is 10.9. The van der Waals surface area contributed by atoms with Crippen molar-refractivity contribution in [1.82, 2.24) is 0 Å². The SMILES string of the molecule is O=C(O)CCO[P+](O)(CCC(=O)O)OCCC(=O)O. The van der Waals surface area contributed by atoms with Crippen molar-refractivity contribution >= 4 is 25.9 Å². The molecule has 0 heterocycles. The van der Waals surface area contributed by atoms with Gasteiger partial charge in [-0.1, -0.05) is 0 Å². The predicted molar refractivity (Wildman–Crippen MR) is 62.7 cm³/mol. The second-order valence-corrected chi connectivity index (χ2v) is 5.70. The van der Waals surface area contributed by atoms with Gasteiger partial charge in [0, 0.05) is 0 Å². The maximum atomic E-state index is 10.4. The Morgan fingerprint density at radius 2 is 1.16 bits per heavy atom. The highest BCUT2D eigenvalue weighted by molar-refractivity contribution is 7.60. The van der Waals surface area contributed by atoms with E-state index in [-0.39, 0.29) is 32.2 Å². The van der Waals surface area contributed by atoms with Crippen LogP contribution in [0.1, 0.15) is 19.3 Å². The third kappa shape index (κ3) is 10.3. The van der Waals surface area contributed by atoms with E-state index in [1.54, 1.807) is 0 Å². The van der Waals surface area contributed by atoms with Crippen molar-refractivity contribution < 1.29 is 43.6 Å². The quantitative estimate of drug-likeness (QED) is 0.392. The molecule has 0 aromatic rings. The fourth-order valence-corrected chi connectivity index (χ4v) is 2.51. The lowest BCUT2D eigenvalue weighted by atomic mass is 10.5. The molecule has 0 aliphatic heterocycles. The number of carboxylic acid groups (broad SMARTS) is 3. The molecule has 0 fully saturated rings. The lowest BCUT2D eigenvalue weighted by Crippen LogP contribution is -2.14. The molecule has 0 aromatic carbocycles. The van der Waals surface area contributed by atoms with E-state index in [9.17, 15) is 19.3 Å². The van der Waals surface area contributed by atoms with Gasteiger partial charge >= 0.3 is 25.9 Å². The van der Waals surface area contributed by atoms with Crippen LogP contribution < -0.4 is 0 Å². The molecule has 0 bridgehead atoms. The maximum Gasteiger partial charge on any atom is 0.409 e. The van der Waals surface area contributed by atoms with E-state index in [0.29, 0.717) is 0 Å². The van der Waals surface area contributed by atoms with E-state index >= 15 is 0 Å². The average molecular weight is 299 g/mol. The van der Waals surface area contributed by atoms with Crippen LogP contribution in [0.2, 0.25) is 0 Å². The van der Waals surface area contributed by atoms with Crippen molar-refractivity contribution in [3.05, 3.63) is 0 Å². The predicted octanol–water partition coefficient (Wildman–Crippen LogP) is 0.199. The first-order valence-corrected chi connectivity index (χ1v) is 7.07. The van der Waals surface area contributed by atoms with Crippen LogP contribution in [0.25, 0.3) is 0 Å². The minimum Gasteiger partial charge on any atom is -0.481 e. The summed E-state index contributed by atoms with van der Waals surface area (Å²) in [6.07, 6.45) is -1.51. The number of carboxylic acids is 3. The molecule has 19 heavy (non-hydrogen) atoms. The molecule has 9 nitrogen and oxygen atoms in total. The highest BCUT2D eigenvalue weighted by Gasteiger charge is 2.41. The fraction of sp³-hybridized carbons (Fsp3) is 0.667. The summed E-state index contributed by atoms with van der Waals surface area (Å²) in [4.78, 5) is 40.9. The van der Waals surface area contributed by atoms with Gasteiger partial charge in [0.2, 0.25) is 0 Å². The Kier molecular flexibility index (Phi) is 8.17. The number of hydrogen-bond acceptors (Lipinski definition) is 6. The van der Waals surface area contributed by atoms with Gasteiger partial charge in [-0.2, -0.15) is 13.9 Å². The molecule has 0 saturated carbocycles. The van der Waals surface area contributed by atoms with Gasteiger partial charge in [-0.15, -0.1) is 0 Å². The molecule has 0 saturated heterocycles. The summed E-state index contributed by atoms with van der Waals surface area (Å²) in [6, 6.07) is 0. The number of carbonyl (C=O) groups is 3. The van der Waals surface area contributed by atoms with E-state index in [1.807, 2.05) is 0 Å².